The molecule has 0 saturated heterocycles. The fourth-order valence-corrected chi connectivity index (χ4v) is 2.01. The van der Waals surface area contributed by atoms with Gasteiger partial charge in [-0.1, -0.05) is 0 Å². The molecule has 2 aromatic rings. The number of hydrogen-bond donors (Lipinski definition) is 1. The molecule has 1 aromatic carbocycles. The number of methoxy groups -OCH3 is 3. The van der Waals surface area contributed by atoms with Gasteiger partial charge in [0.1, 0.15) is 0 Å². The fraction of sp³-hybridized carbons (Fsp3) is 0.385. The number of ether oxygens (including phenoxy) is 3. The number of aromatic nitrogens is 2. The lowest BCUT2D eigenvalue weighted by Crippen LogP contribution is -2.06. The van der Waals surface area contributed by atoms with Crippen molar-refractivity contribution in [3.05, 3.63) is 12.1 Å². The number of nitrogens with zero attached hydrogens (tertiary/aromatic N) is 2. The van der Waals surface area contributed by atoms with E-state index in [0.29, 0.717) is 23.0 Å². The Balaban J connectivity index is 2.55. The Hall–Kier alpha value is -2.44. The second-order valence-electron chi connectivity index (χ2n) is 4.09. The largest absolute Gasteiger partial charge is 0.493 e. The summed E-state index contributed by atoms with van der Waals surface area (Å²) in [5, 5.41) is 8.81. The van der Waals surface area contributed by atoms with Crippen LogP contribution in [0.3, 0.4) is 0 Å². The number of carboxylic acids is 1. The molecule has 0 bridgehead atoms. The van der Waals surface area contributed by atoms with E-state index in [-0.39, 0.29) is 13.0 Å². The highest BCUT2D eigenvalue weighted by atomic mass is 16.5. The first-order valence-electron chi connectivity index (χ1n) is 5.98. The summed E-state index contributed by atoms with van der Waals surface area (Å²) in [7, 11) is 4.58. The van der Waals surface area contributed by atoms with Crippen molar-refractivity contribution in [2.24, 2.45) is 0 Å². The SMILES string of the molecule is COc1cc2nc(OC)n(CCC(=O)O)c2cc1OC. The van der Waals surface area contributed by atoms with Gasteiger partial charge in [-0.3, -0.25) is 9.36 Å². The molecular formula is C13H16N2O5. The number of imidazole rings is 1. The Labute approximate surface area is 115 Å². The first-order valence-corrected chi connectivity index (χ1v) is 5.98. The van der Waals surface area contributed by atoms with Crippen LogP contribution in [0, 0.1) is 0 Å². The minimum Gasteiger partial charge on any atom is -0.493 e. The van der Waals surface area contributed by atoms with E-state index >= 15 is 0 Å². The first kappa shape index (κ1) is 14.0. The maximum absolute atomic E-state index is 10.7. The lowest BCUT2D eigenvalue weighted by molar-refractivity contribution is -0.137. The maximum Gasteiger partial charge on any atom is 0.305 e. The number of carbonyl (C=O) groups is 1. The van der Waals surface area contributed by atoms with E-state index in [2.05, 4.69) is 4.98 Å². The topological polar surface area (TPSA) is 82.8 Å². The zero-order valence-electron chi connectivity index (χ0n) is 11.5. The molecule has 0 saturated carbocycles. The van der Waals surface area contributed by atoms with Crippen LogP contribution in [0.25, 0.3) is 11.0 Å². The first-order chi connectivity index (χ1) is 9.60. The maximum atomic E-state index is 10.7. The number of aryl methyl sites for hydroxylation is 1. The summed E-state index contributed by atoms with van der Waals surface area (Å²) in [6, 6.07) is 3.84. The molecule has 0 aliphatic heterocycles. The number of fused-ring (bicyclic) bond motifs is 1. The standard InChI is InChI=1S/C13H16N2O5/c1-18-10-6-8-9(7-11(10)19-2)15(5-4-12(16)17)13(14-8)20-3/h6-7H,4-5H2,1-3H3,(H,16,17). The molecule has 0 amide bonds. The molecule has 1 N–H and O–H groups in total. The third kappa shape index (κ3) is 2.47. The normalized spacial score (nSPS) is 10.6. The molecule has 1 aromatic heterocycles. The smallest absolute Gasteiger partial charge is 0.305 e. The Morgan fingerprint density at radius 2 is 1.85 bits per heavy atom. The van der Waals surface area contributed by atoms with E-state index in [1.807, 2.05) is 0 Å². The molecule has 20 heavy (non-hydrogen) atoms. The van der Waals surface area contributed by atoms with E-state index in [0.717, 1.165) is 5.52 Å². The van der Waals surface area contributed by atoms with Gasteiger partial charge in [-0.25, -0.2) is 0 Å². The number of carboxylic acid groups (broad SMARTS) is 1. The highest BCUT2D eigenvalue weighted by Gasteiger charge is 2.16. The quantitative estimate of drug-likeness (QED) is 0.864. The minimum absolute atomic E-state index is 0.0177. The monoisotopic (exact) mass is 280 g/mol. The van der Waals surface area contributed by atoms with Gasteiger partial charge in [0.25, 0.3) is 6.01 Å². The van der Waals surface area contributed by atoms with Gasteiger partial charge in [-0.2, -0.15) is 4.98 Å². The van der Waals surface area contributed by atoms with E-state index < -0.39 is 5.97 Å². The highest BCUT2D eigenvalue weighted by molar-refractivity contribution is 5.81. The lowest BCUT2D eigenvalue weighted by Gasteiger charge is -2.09. The molecule has 0 unspecified atom stereocenters. The molecule has 0 aliphatic carbocycles. The Bertz CT molecular complexity index is 635. The summed E-state index contributed by atoms with van der Waals surface area (Å²) in [5.74, 6) is 0.235. The summed E-state index contributed by atoms with van der Waals surface area (Å²) in [5.41, 5.74) is 1.39. The third-order valence-electron chi connectivity index (χ3n) is 2.95. The Morgan fingerprint density at radius 1 is 1.20 bits per heavy atom. The molecule has 0 radical (unpaired) electrons. The van der Waals surface area contributed by atoms with Gasteiger partial charge in [0.15, 0.2) is 11.5 Å². The molecule has 7 nitrogen and oxygen atoms in total. The van der Waals surface area contributed by atoms with E-state index in [4.69, 9.17) is 19.3 Å². The van der Waals surface area contributed by atoms with Gasteiger partial charge < -0.3 is 19.3 Å². The molecule has 1 heterocycles. The highest BCUT2D eigenvalue weighted by Crippen LogP contribution is 2.33. The second-order valence-corrected chi connectivity index (χ2v) is 4.09. The van der Waals surface area contributed by atoms with Crippen LogP contribution in [-0.2, 0) is 11.3 Å². The zero-order chi connectivity index (χ0) is 14.7. The van der Waals surface area contributed by atoms with E-state index in [1.165, 1.54) is 7.11 Å². The van der Waals surface area contributed by atoms with Crippen molar-refractivity contribution in [2.45, 2.75) is 13.0 Å². The minimum atomic E-state index is -0.880. The molecule has 0 aliphatic rings. The molecule has 7 heteroatoms. The van der Waals surface area contributed by atoms with Crippen molar-refractivity contribution in [3.63, 3.8) is 0 Å². The average Bonchev–Trinajstić information content (AvgIpc) is 2.79. The zero-order valence-corrected chi connectivity index (χ0v) is 11.5. The van der Waals surface area contributed by atoms with Crippen LogP contribution in [0.5, 0.6) is 17.5 Å². The summed E-state index contributed by atoms with van der Waals surface area (Å²) in [6.45, 7) is 0.268. The van der Waals surface area contributed by atoms with E-state index in [9.17, 15) is 4.79 Å². The molecule has 0 fully saturated rings. The lowest BCUT2D eigenvalue weighted by atomic mass is 10.2. The van der Waals surface area contributed by atoms with Crippen molar-refractivity contribution >= 4 is 17.0 Å². The molecule has 108 valence electrons. The number of hydrogen-bond acceptors (Lipinski definition) is 5. The van der Waals surface area contributed by atoms with Crippen LogP contribution < -0.4 is 14.2 Å². The van der Waals surface area contributed by atoms with Gasteiger partial charge in [0.2, 0.25) is 0 Å². The van der Waals surface area contributed by atoms with Gasteiger partial charge in [-0.05, 0) is 0 Å². The molecule has 2 rings (SSSR count). The second kappa shape index (κ2) is 5.68. The van der Waals surface area contributed by atoms with Crippen molar-refractivity contribution in [1.29, 1.82) is 0 Å². The van der Waals surface area contributed by atoms with Crippen LogP contribution in [0.15, 0.2) is 12.1 Å². The number of rotatable bonds is 6. The average molecular weight is 280 g/mol. The van der Waals surface area contributed by atoms with Crippen LogP contribution in [0.1, 0.15) is 6.42 Å². The fourth-order valence-electron chi connectivity index (χ4n) is 2.01. The molecule has 0 atom stereocenters. The van der Waals surface area contributed by atoms with Crippen LogP contribution in [0.2, 0.25) is 0 Å². The summed E-state index contributed by atoms with van der Waals surface area (Å²) < 4.78 is 17.3. The predicted octanol–water partition coefficient (Wildman–Crippen LogP) is 1.54. The number of aliphatic carboxylic acids is 1. The van der Waals surface area contributed by atoms with Gasteiger partial charge in [0, 0.05) is 18.7 Å². The summed E-state index contributed by atoms with van der Waals surface area (Å²) in [4.78, 5) is 15.0. The van der Waals surface area contributed by atoms with E-state index in [1.54, 1.807) is 30.9 Å². The molecule has 0 spiro atoms. The van der Waals surface area contributed by atoms with Crippen LogP contribution >= 0.6 is 0 Å². The van der Waals surface area contributed by atoms with Gasteiger partial charge in [0.05, 0.1) is 38.8 Å². The van der Waals surface area contributed by atoms with Gasteiger partial charge in [-0.15, -0.1) is 0 Å². The van der Waals surface area contributed by atoms with Crippen molar-refractivity contribution < 1.29 is 24.1 Å². The third-order valence-corrected chi connectivity index (χ3v) is 2.95. The Kier molecular flexibility index (Phi) is 3.97. The Morgan fingerprint density at radius 3 is 2.40 bits per heavy atom. The van der Waals surface area contributed by atoms with Gasteiger partial charge >= 0.3 is 5.97 Å². The van der Waals surface area contributed by atoms with Crippen molar-refractivity contribution in [1.82, 2.24) is 9.55 Å². The predicted molar refractivity (Wildman–Crippen MR) is 71.6 cm³/mol. The van der Waals surface area contributed by atoms with Crippen LogP contribution in [-0.4, -0.2) is 42.0 Å². The molecular weight excluding hydrogens is 264 g/mol. The van der Waals surface area contributed by atoms with Crippen molar-refractivity contribution in [3.8, 4) is 17.5 Å². The van der Waals surface area contributed by atoms with Crippen LogP contribution in [0.4, 0.5) is 0 Å². The van der Waals surface area contributed by atoms with Crippen molar-refractivity contribution in [2.75, 3.05) is 21.3 Å². The summed E-state index contributed by atoms with van der Waals surface area (Å²) in [6.07, 6.45) is -0.0177. The summed E-state index contributed by atoms with van der Waals surface area (Å²) >= 11 is 0. The number of benzene rings is 1.